The highest BCUT2D eigenvalue weighted by atomic mass is 16.3. The maximum absolute atomic E-state index is 11.3. The second-order valence-corrected chi connectivity index (χ2v) is 4.02. The Kier molecular flexibility index (Phi) is 5.58. The molecule has 0 saturated heterocycles. The van der Waals surface area contributed by atoms with E-state index in [1.165, 1.54) is 0 Å². The zero-order valence-corrected chi connectivity index (χ0v) is 10.2. The van der Waals surface area contributed by atoms with Crippen LogP contribution in [-0.2, 0) is 17.9 Å². The first-order chi connectivity index (χ1) is 8.11. The molecule has 1 aromatic rings. The van der Waals surface area contributed by atoms with Gasteiger partial charge in [0, 0.05) is 18.8 Å². The van der Waals surface area contributed by atoms with Crippen molar-refractivity contribution in [3.63, 3.8) is 0 Å². The number of amides is 1. The Labute approximate surface area is 100 Å². The Morgan fingerprint density at radius 1 is 1.59 bits per heavy atom. The third-order valence-electron chi connectivity index (χ3n) is 1.96. The summed E-state index contributed by atoms with van der Waals surface area (Å²) in [7, 11) is 0. The highest BCUT2D eigenvalue weighted by molar-refractivity contribution is 5.78. The number of aliphatic hydroxyl groups is 1. The molecule has 1 aromatic heterocycles. The topological polar surface area (TPSA) is 92.1 Å². The Hall–Kier alpha value is -1.47. The fraction of sp³-hybridized carbons (Fsp3) is 0.700. The largest absolute Gasteiger partial charge is 0.394 e. The van der Waals surface area contributed by atoms with Crippen molar-refractivity contribution < 1.29 is 9.90 Å². The van der Waals surface area contributed by atoms with Crippen LogP contribution in [0.15, 0.2) is 6.20 Å². The Bertz CT molecular complexity index is 350. The molecule has 1 amide bonds. The average Bonchev–Trinajstić information content (AvgIpc) is 2.65. The van der Waals surface area contributed by atoms with Crippen molar-refractivity contribution in [3.8, 4) is 0 Å². The molecule has 7 heteroatoms. The molecule has 0 saturated carbocycles. The molecule has 0 spiro atoms. The lowest BCUT2D eigenvalue weighted by molar-refractivity contribution is -0.120. The number of carbonyl (C=O) groups is 1. The minimum Gasteiger partial charge on any atom is -0.394 e. The van der Waals surface area contributed by atoms with Gasteiger partial charge in [-0.15, -0.1) is 5.10 Å². The number of carbonyl (C=O) groups excluding carboxylic acids is 1. The zero-order chi connectivity index (χ0) is 12.7. The lowest BCUT2D eigenvalue weighted by Gasteiger charge is -2.08. The number of rotatable bonds is 7. The Balaban J connectivity index is 2.23. The first-order valence-corrected chi connectivity index (χ1v) is 5.61. The molecule has 1 heterocycles. The summed E-state index contributed by atoms with van der Waals surface area (Å²) >= 11 is 0. The van der Waals surface area contributed by atoms with Gasteiger partial charge in [0.25, 0.3) is 0 Å². The van der Waals surface area contributed by atoms with E-state index in [1.807, 2.05) is 13.8 Å². The highest BCUT2D eigenvalue weighted by Crippen LogP contribution is 1.91. The van der Waals surface area contributed by atoms with E-state index in [-0.39, 0.29) is 25.1 Å². The lowest BCUT2D eigenvalue weighted by Crippen LogP contribution is -2.37. The van der Waals surface area contributed by atoms with Crippen molar-refractivity contribution in [2.24, 2.45) is 0 Å². The molecule has 0 bridgehead atoms. The Morgan fingerprint density at radius 3 is 3.00 bits per heavy atom. The molecule has 0 atom stereocenters. The third-order valence-corrected chi connectivity index (χ3v) is 1.96. The van der Waals surface area contributed by atoms with Crippen molar-refractivity contribution in [2.45, 2.75) is 33.0 Å². The summed E-state index contributed by atoms with van der Waals surface area (Å²) < 4.78 is 1.56. The number of aromatic nitrogens is 3. The maximum Gasteiger partial charge on any atom is 0.234 e. The van der Waals surface area contributed by atoms with Crippen LogP contribution in [0.4, 0.5) is 0 Å². The third kappa shape index (κ3) is 5.41. The quantitative estimate of drug-likeness (QED) is 0.562. The van der Waals surface area contributed by atoms with Gasteiger partial charge in [0.15, 0.2) is 0 Å². The van der Waals surface area contributed by atoms with Gasteiger partial charge in [-0.3, -0.25) is 4.79 Å². The van der Waals surface area contributed by atoms with E-state index in [0.29, 0.717) is 13.1 Å². The van der Waals surface area contributed by atoms with Gasteiger partial charge < -0.3 is 15.7 Å². The summed E-state index contributed by atoms with van der Waals surface area (Å²) in [5, 5.41) is 22.2. The van der Waals surface area contributed by atoms with Crippen LogP contribution in [0, 0.1) is 0 Å². The van der Waals surface area contributed by atoms with E-state index in [4.69, 9.17) is 5.11 Å². The summed E-state index contributed by atoms with van der Waals surface area (Å²) in [6, 6.07) is 0.148. The average molecular weight is 241 g/mol. The summed E-state index contributed by atoms with van der Waals surface area (Å²) in [6.07, 6.45) is 1.74. The van der Waals surface area contributed by atoms with Crippen molar-refractivity contribution in [1.82, 2.24) is 25.6 Å². The molecule has 1 rings (SSSR count). The molecule has 0 unspecified atom stereocenters. The minimum atomic E-state index is -0.0391. The number of nitrogens with one attached hydrogen (secondary N) is 2. The summed E-state index contributed by atoms with van der Waals surface area (Å²) in [6.45, 7) is 5.03. The van der Waals surface area contributed by atoms with E-state index in [9.17, 15) is 4.79 Å². The van der Waals surface area contributed by atoms with Gasteiger partial charge in [-0.2, -0.15) is 0 Å². The van der Waals surface area contributed by atoms with Gasteiger partial charge in [0.05, 0.1) is 25.4 Å². The number of hydrogen-bond donors (Lipinski definition) is 3. The summed E-state index contributed by atoms with van der Waals surface area (Å²) in [4.78, 5) is 11.3. The van der Waals surface area contributed by atoms with Crippen LogP contribution < -0.4 is 10.6 Å². The Morgan fingerprint density at radius 2 is 2.35 bits per heavy atom. The fourth-order valence-electron chi connectivity index (χ4n) is 1.31. The molecule has 17 heavy (non-hydrogen) atoms. The van der Waals surface area contributed by atoms with Crippen LogP contribution in [0.3, 0.4) is 0 Å². The van der Waals surface area contributed by atoms with Crippen LogP contribution in [0.1, 0.15) is 19.5 Å². The van der Waals surface area contributed by atoms with Crippen molar-refractivity contribution in [3.05, 3.63) is 11.9 Å². The van der Waals surface area contributed by atoms with Gasteiger partial charge in [-0.05, 0) is 13.8 Å². The van der Waals surface area contributed by atoms with Crippen molar-refractivity contribution >= 4 is 5.91 Å². The van der Waals surface area contributed by atoms with Gasteiger partial charge in [-0.25, -0.2) is 4.68 Å². The van der Waals surface area contributed by atoms with Crippen LogP contribution in [0.25, 0.3) is 0 Å². The molecular formula is C10H19N5O2. The van der Waals surface area contributed by atoms with Crippen LogP contribution >= 0.6 is 0 Å². The molecular weight excluding hydrogens is 222 g/mol. The molecule has 0 aliphatic rings. The predicted octanol–water partition coefficient (Wildman–Crippen LogP) is -1.12. The molecule has 0 aliphatic heterocycles. The molecule has 96 valence electrons. The zero-order valence-electron chi connectivity index (χ0n) is 10.2. The second kappa shape index (κ2) is 6.97. The number of aliphatic hydroxyl groups excluding tert-OH is 1. The smallest absolute Gasteiger partial charge is 0.234 e. The van der Waals surface area contributed by atoms with Crippen molar-refractivity contribution in [2.75, 3.05) is 13.2 Å². The predicted molar refractivity (Wildman–Crippen MR) is 62.1 cm³/mol. The fourth-order valence-corrected chi connectivity index (χ4v) is 1.31. The first kappa shape index (κ1) is 13.6. The van der Waals surface area contributed by atoms with E-state index in [2.05, 4.69) is 20.9 Å². The van der Waals surface area contributed by atoms with Gasteiger partial charge in [0.2, 0.25) is 5.91 Å². The number of hydrogen-bond acceptors (Lipinski definition) is 5. The normalized spacial score (nSPS) is 10.8. The minimum absolute atomic E-state index is 0.0347. The van der Waals surface area contributed by atoms with Gasteiger partial charge in [0.1, 0.15) is 0 Å². The molecule has 7 nitrogen and oxygen atoms in total. The first-order valence-electron chi connectivity index (χ1n) is 5.61. The molecule has 3 N–H and O–H groups in total. The van der Waals surface area contributed by atoms with E-state index >= 15 is 0 Å². The van der Waals surface area contributed by atoms with Crippen LogP contribution in [-0.4, -0.2) is 45.2 Å². The molecule has 0 radical (unpaired) electrons. The summed E-state index contributed by atoms with van der Waals surface area (Å²) in [5.74, 6) is -0.0391. The standard InChI is InChI=1S/C10H19N5O2/c1-8(2)12-10(17)6-11-5-9-7-15(3-4-16)14-13-9/h7-8,11,16H,3-6H2,1-2H3,(H,12,17). The van der Waals surface area contributed by atoms with Crippen LogP contribution in [0.5, 0.6) is 0 Å². The van der Waals surface area contributed by atoms with Gasteiger partial charge >= 0.3 is 0 Å². The summed E-state index contributed by atoms with van der Waals surface area (Å²) in [5.41, 5.74) is 0.746. The lowest BCUT2D eigenvalue weighted by atomic mass is 10.4. The van der Waals surface area contributed by atoms with E-state index in [1.54, 1.807) is 10.9 Å². The van der Waals surface area contributed by atoms with Gasteiger partial charge in [-0.1, -0.05) is 5.21 Å². The second-order valence-electron chi connectivity index (χ2n) is 4.02. The van der Waals surface area contributed by atoms with E-state index in [0.717, 1.165) is 5.69 Å². The molecule has 0 aromatic carbocycles. The SMILES string of the molecule is CC(C)NC(=O)CNCc1cn(CCO)nn1. The monoisotopic (exact) mass is 241 g/mol. The van der Waals surface area contributed by atoms with Crippen molar-refractivity contribution in [1.29, 1.82) is 0 Å². The number of nitrogens with zero attached hydrogens (tertiary/aromatic N) is 3. The molecule has 0 fully saturated rings. The van der Waals surface area contributed by atoms with Crippen LogP contribution in [0.2, 0.25) is 0 Å². The van der Waals surface area contributed by atoms with E-state index < -0.39 is 0 Å². The maximum atomic E-state index is 11.3. The molecule has 0 aliphatic carbocycles. The highest BCUT2D eigenvalue weighted by Gasteiger charge is 2.04.